The molecule has 0 bridgehead atoms. The van der Waals surface area contributed by atoms with Gasteiger partial charge in [0.05, 0.1) is 0 Å². The van der Waals surface area contributed by atoms with Crippen molar-refractivity contribution in [2.45, 2.75) is 12.2 Å². The van der Waals surface area contributed by atoms with Gasteiger partial charge in [0, 0.05) is 11.8 Å². The highest BCUT2D eigenvalue weighted by atomic mass is 19.4. The van der Waals surface area contributed by atoms with Gasteiger partial charge in [-0.05, 0) is 6.07 Å². The van der Waals surface area contributed by atoms with E-state index in [1.54, 1.807) is 0 Å². The van der Waals surface area contributed by atoms with Crippen molar-refractivity contribution < 1.29 is 27.5 Å². The fourth-order valence-electron chi connectivity index (χ4n) is 1.03. The zero-order chi connectivity index (χ0) is 12.5. The molecule has 0 amide bonds. The van der Waals surface area contributed by atoms with Gasteiger partial charge in [-0.25, -0.2) is 9.37 Å². The van der Waals surface area contributed by atoms with Gasteiger partial charge in [0.25, 0.3) is 0 Å². The lowest BCUT2D eigenvalue weighted by molar-refractivity contribution is -0.144. The Kier molecular flexibility index (Phi) is 3.13. The molecule has 0 unspecified atom stereocenters. The Hall–Kier alpha value is -1.70. The van der Waals surface area contributed by atoms with Crippen LogP contribution in [-0.2, 0) is 11.0 Å². The van der Waals surface area contributed by atoms with Crippen LogP contribution in [0.2, 0.25) is 0 Å². The molecular weight excluding hydrogens is 232 g/mol. The topological polar surface area (TPSA) is 76.2 Å². The second-order valence-corrected chi connectivity index (χ2v) is 2.88. The smallest absolute Gasteiger partial charge is 0.436 e. The molecule has 0 aliphatic heterocycles. The molecule has 1 aromatic heterocycles. The van der Waals surface area contributed by atoms with Crippen LogP contribution in [0.3, 0.4) is 0 Å². The molecule has 0 fully saturated rings. The van der Waals surface area contributed by atoms with Crippen LogP contribution >= 0.6 is 0 Å². The standard InChI is InChI=1S/C8H6F4N2O2/c9-4-3(5(13)7(15)16)1-2-14-6(4)8(10,11)12/h1-2,5H,13H2,(H,15,16)/t5-/m0/s1. The highest BCUT2D eigenvalue weighted by Crippen LogP contribution is 2.31. The molecule has 0 aliphatic rings. The van der Waals surface area contributed by atoms with Crippen LogP contribution in [0, 0.1) is 5.82 Å². The first kappa shape index (κ1) is 12.4. The fraction of sp³-hybridized carbons (Fsp3) is 0.250. The largest absolute Gasteiger partial charge is 0.480 e. The minimum atomic E-state index is -4.99. The second kappa shape index (κ2) is 4.05. The first-order chi connectivity index (χ1) is 7.25. The maximum atomic E-state index is 13.3. The highest BCUT2D eigenvalue weighted by Gasteiger charge is 2.38. The molecule has 16 heavy (non-hydrogen) atoms. The lowest BCUT2D eigenvalue weighted by Crippen LogP contribution is -2.24. The third kappa shape index (κ3) is 2.27. The number of carbonyl (C=O) groups is 1. The Morgan fingerprint density at radius 1 is 1.50 bits per heavy atom. The number of carboxylic acids is 1. The van der Waals surface area contributed by atoms with Gasteiger partial charge in [0.1, 0.15) is 6.04 Å². The van der Waals surface area contributed by atoms with Crippen LogP contribution in [0.5, 0.6) is 0 Å². The highest BCUT2D eigenvalue weighted by molar-refractivity contribution is 5.75. The number of halogens is 4. The van der Waals surface area contributed by atoms with Gasteiger partial charge in [0.15, 0.2) is 11.5 Å². The molecule has 88 valence electrons. The van der Waals surface area contributed by atoms with E-state index < -0.39 is 35.3 Å². The van der Waals surface area contributed by atoms with Crippen molar-refractivity contribution in [2.24, 2.45) is 5.73 Å². The van der Waals surface area contributed by atoms with E-state index in [0.29, 0.717) is 6.20 Å². The zero-order valence-electron chi connectivity index (χ0n) is 7.62. The van der Waals surface area contributed by atoms with Gasteiger partial charge in [0.2, 0.25) is 0 Å². The molecule has 1 rings (SSSR count). The molecule has 0 radical (unpaired) electrons. The van der Waals surface area contributed by atoms with Gasteiger partial charge in [-0.2, -0.15) is 13.2 Å². The number of aromatic nitrogens is 1. The number of pyridine rings is 1. The summed E-state index contributed by atoms with van der Waals surface area (Å²) in [5.41, 5.74) is 2.49. The number of nitrogens with two attached hydrogens (primary N) is 1. The Morgan fingerprint density at radius 2 is 2.06 bits per heavy atom. The number of hydrogen-bond acceptors (Lipinski definition) is 3. The summed E-state index contributed by atoms with van der Waals surface area (Å²) < 4.78 is 49.9. The van der Waals surface area contributed by atoms with E-state index >= 15 is 0 Å². The second-order valence-electron chi connectivity index (χ2n) is 2.88. The normalized spacial score (nSPS) is 13.6. The molecule has 1 heterocycles. The lowest BCUT2D eigenvalue weighted by Gasteiger charge is -2.12. The Morgan fingerprint density at radius 3 is 2.50 bits per heavy atom. The summed E-state index contributed by atoms with van der Waals surface area (Å²) in [7, 11) is 0. The summed E-state index contributed by atoms with van der Waals surface area (Å²) in [6.45, 7) is 0. The molecule has 8 heteroatoms. The van der Waals surface area contributed by atoms with E-state index in [-0.39, 0.29) is 0 Å². The van der Waals surface area contributed by atoms with Crippen molar-refractivity contribution in [1.82, 2.24) is 4.98 Å². The van der Waals surface area contributed by atoms with Crippen molar-refractivity contribution in [3.63, 3.8) is 0 Å². The molecule has 0 aliphatic carbocycles. The van der Waals surface area contributed by atoms with E-state index in [2.05, 4.69) is 4.98 Å². The van der Waals surface area contributed by atoms with Crippen LogP contribution < -0.4 is 5.73 Å². The first-order valence-electron chi connectivity index (χ1n) is 3.95. The molecular formula is C8H6F4N2O2. The zero-order valence-corrected chi connectivity index (χ0v) is 7.62. The predicted octanol–water partition coefficient (Wildman–Crippen LogP) is 1.32. The van der Waals surface area contributed by atoms with Gasteiger partial charge in [-0.1, -0.05) is 0 Å². The number of rotatable bonds is 2. The SMILES string of the molecule is N[C@H](C(=O)O)c1ccnc(C(F)(F)F)c1F. The van der Waals surface area contributed by atoms with Crippen molar-refractivity contribution in [3.05, 3.63) is 29.3 Å². The maximum absolute atomic E-state index is 13.3. The average molecular weight is 238 g/mol. The van der Waals surface area contributed by atoms with Gasteiger partial charge >= 0.3 is 12.1 Å². The number of carboxylic acid groups (broad SMARTS) is 1. The number of alkyl halides is 3. The molecule has 0 aromatic carbocycles. The molecule has 0 saturated heterocycles. The van der Waals surface area contributed by atoms with Crippen LogP contribution in [0.15, 0.2) is 12.3 Å². The maximum Gasteiger partial charge on any atom is 0.436 e. The van der Waals surface area contributed by atoms with E-state index in [9.17, 15) is 22.4 Å². The van der Waals surface area contributed by atoms with Crippen molar-refractivity contribution in [3.8, 4) is 0 Å². The van der Waals surface area contributed by atoms with E-state index in [1.165, 1.54) is 0 Å². The summed E-state index contributed by atoms with van der Waals surface area (Å²) in [6.07, 6.45) is -4.33. The molecule has 3 N–H and O–H groups in total. The van der Waals surface area contributed by atoms with Crippen LogP contribution in [0.25, 0.3) is 0 Å². The van der Waals surface area contributed by atoms with Crippen LogP contribution in [0.1, 0.15) is 17.3 Å². The number of hydrogen-bond donors (Lipinski definition) is 2. The Labute approximate surface area is 86.7 Å². The number of aliphatic carboxylic acids is 1. The quantitative estimate of drug-likeness (QED) is 0.762. The predicted molar refractivity (Wildman–Crippen MR) is 43.8 cm³/mol. The Bertz CT molecular complexity index is 419. The lowest BCUT2D eigenvalue weighted by atomic mass is 10.1. The van der Waals surface area contributed by atoms with Crippen LogP contribution in [0.4, 0.5) is 17.6 Å². The molecule has 0 spiro atoms. The minimum Gasteiger partial charge on any atom is -0.480 e. The van der Waals surface area contributed by atoms with E-state index in [0.717, 1.165) is 6.07 Å². The minimum absolute atomic E-state index is 0.657. The number of nitrogens with zero attached hydrogens (tertiary/aromatic N) is 1. The fourth-order valence-corrected chi connectivity index (χ4v) is 1.03. The summed E-state index contributed by atoms with van der Waals surface area (Å²) in [6, 6.07) is -1.06. The van der Waals surface area contributed by atoms with Crippen molar-refractivity contribution >= 4 is 5.97 Å². The summed E-state index contributed by atoms with van der Waals surface area (Å²) in [4.78, 5) is 13.2. The van der Waals surface area contributed by atoms with Crippen LogP contribution in [-0.4, -0.2) is 16.1 Å². The summed E-state index contributed by atoms with van der Waals surface area (Å²) in [5.74, 6) is -3.39. The molecule has 4 nitrogen and oxygen atoms in total. The molecule has 1 aromatic rings. The van der Waals surface area contributed by atoms with E-state index in [1.807, 2.05) is 0 Å². The summed E-state index contributed by atoms with van der Waals surface area (Å²) >= 11 is 0. The molecule has 1 atom stereocenters. The van der Waals surface area contributed by atoms with Gasteiger partial charge in [-0.15, -0.1) is 0 Å². The molecule has 0 saturated carbocycles. The van der Waals surface area contributed by atoms with Crippen molar-refractivity contribution in [2.75, 3.05) is 0 Å². The third-order valence-corrected chi connectivity index (χ3v) is 1.79. The average Bonchev–Trinajstić information content (AvgIpc) is 2.15. The Balaban J connectivity index is 3.30. The summed E-state index contributed by atoms with van der Waals surface area (Å²) in [5, 5.41) is 8.46. The first-order valence-corrected chi connectivity index (χ1v) is 3.95. The monoisotopic (exact) mass is 238 g/mol. The van der Waals surface area contributed by atoms with Gasteiger partial charge < -0.3 is 10.8 Å². The van der Waals surface area contributed by atoms with E-state index in [4.69, 9.17) is 10.8 Å². The van der Waals surface area contributed by atoms with Gasteiger partial charge in [-0.3, -0.25) is 4.79 Å². The van der Waals surface area contributed by atoms with Crippen molar-refractivity contribution in [1.29, 1.82) is 0 Å². The third-order valence-electron chi connectivity index (χ3n) is 1.79.